The third kappa shape index (κ3) is 1.04. The number of nitrogens with two attached hydrogens (primary N) is 2. The summed E-state index contributed by atoms with van der Waals surface area (Å²) in [6, 6.07) is -0.673. The average molecular weight is 222 g/mol. The van der Waals surface area contributed by atoms with Crippen LogP contribution in [0.4, 0.5) is 0 Å². The Morgan fingerprint density at radius 3 is 2.88 bits per heavy atom. The van der Waals surface area contributed by atoms with Crippen LogP contribution in [-0.4, -0.2) is 24.1 Å². The van der Waals surface area contributed by atoms with E-state index in [2.05, 4.69) is 0 Å². The van der Waals surface area contributed by atoms with Crippen molar-refractivity contribution in [2.45, 2.75) is 18.6 Å². The van der Waals surface area contributed by atoms with Gasteiger partial charge in [-0.25, -0.2) is 9.59 Å². The zero-order valence-corrected chi connectivity index (χ0v) is 8.30. The summed E-state index contributed by atoms with van der Waals surface area (Å²) in [7, 11) is 0. The molecular weight excluding hydrogens is 212 g/mol. The molecule has 3 rings (SSSR count). The van der Waals surface area contributed by atoms with E-state index in [9.17, 15) is 9.59 Å². The number of fused-ring (bicyclic) bond motifs is 2. The van der Waals surface area contributed by atoms with E-state index in [0.29, 0.717) is 17.8 Å². The second kappa shape index (κ2) is 2.85. The van der Waals surface area contributed by atoms with Gasteiger partial charge in [-0.15, -0.1) is 0 Å². The van der Waals surface area contributed by atoms with Gasteiger partial charge in [-0.2, -0.15) is 0 Å². The van der Waals surface area contributed by atoms with E-state index in [0.717, 1.165) is 0 Å². The van der Waals surface area contributed by atoms with Gasteiger partial charge in [-0.3, -0.25) is 0 Å². The number of hydrogen-bond donors (Lipinski definition) is 2. The Hall–Kier alpha value is -1.82. The molecular formula is C10H10N2O4. The monoisotopic (exact) mass is 222 g/mol. The zero-order valence-electron chi connectivity index (χ0n) is 8.30. The van der Waals surface area contributed by atoms with Crippen LogP contribution in [0.1, 0.15) is 6.42 Å². The van der Waals surface area contributed by atoms with E-state index in [-0.39, 0.29) is 17.7 Å². The van der Waals surface area contributed by atoms with Crippen molar-refractivity contribution in [3.05, 3.63) is 23.1 Å². The van der Waals surface area contributed by atoms with E-state index in [1.165, 1.54) is 0 Å². The molecule has 0 aromatic heterocycles. The highest BCUT2D eigenvalue weighted by Gasteiger charge is 2.46. The minimum Gasteiger partial charge on any atom is -0.453 e. The molecule has 1 aliphatic carbocycles. The Morgan fingerprint density at radius 1 is 1.38 bits per heavy atom. The van der Waals surface area contributed by atoms with Crippen LogP contribution in [-0.2, 0) is 19.1 Å². The maximum absolute atomic E-state index is 11.3. The predicted octanol–water partition coefficient (Wildman–Crippen LogP) is -1.09. The number of carbonyl (C=O) groups excluding carboxylic acids is 2. The molecule has 6 nitrogen and oxygen atoms in total. The molecule has 2 aliphatic heterocycles. The Morgan fingerprint density at radius 2 is 2.12 bits per heavy atom. The molecule has 3 unspecified atom stereocenters. The summed E-state index contributed by atoms with van der Waals surface area (Å²) in [4.78, 5) is 22.5. The highest BCUT2D eigenvalue weighted by molar-refractivity contribution is 5.92. The van der Waals surface area contributed by atoms with Crippen LogP contribution in [0.3, 0.4) is 0 Å². The van der Waals surface area contributed by atoms with E-state index in [4.69, 9.17) is 20.9 Å². The number of hydrogen-bond acceptors (Lipinski definition) is 6. The summed E-state index contributed by atoms with van der Waals surface area (Å²) in [5, 5.41) is 0. The minimum absolute atomic E-state index is 0.0903. The minimum atomic E-state index is -0.673. The van der Waals surface area contributed by atoms with E-state index >= 15 is 0 Å². The largest absolute Gasteiger partial charge is 0.453 e. The van der Waals surface area contributed by atoms with E-state index in [1.807, 2.05) is 0 Å². The molecule has 0 amide bonds. The maximum atomic E-state index is 11.3. The van der Waals surface area contributed by atoms with Gasteiger partial charge in [0.2, 0.25) is 0 Å². The quantitative estimate of drug-likeness (QED) is 0.505. The van der Waals surface area contributed by atoms with Crippen molar-refractivity contribution >= 4 is 11.9 Å². The molecule has 0 aromatic carbocycles. The van der Waals surface area contributed by atoms with Crippen molar-refractivity contribution < 1.29 is 19.1 Å². The second-order valence-corrected chi connectivity index (χ2v) is 4.10. The Labute approximate surface area is 90.9 Å². The first-order valence-corrected chi connectivity index (χ1v) is 4.97. The van der Waals surface area contributed by atoms with Crippen LogP contribution >= 0.6 is 0 Å². The van der Waals surface area contributed by atoms with Gasteiger partial charge in [0.25, 0.3) is 0 Å². The molecule has 2 heterocycles. The number of ether oxygens (including phenoxy) is 2. The molecule has 1 fully saturated rings. The number of esters is 2. The Balaban J connectivity index is 2.04. The van der Waals surface area contributed by atoms with Crippen molar-refractivity contribution in [2.24, 2.45) is 17.4 Å². The maximum Gasteiger partial charge on any atom is 0.355 e. The van der Waals surface area contributed by atoms with Crippen molar-refractivity contribution in [1.82, 2.24) is 0 Å². The van der Waals surface area contributed by atoms with E-state index in [1.54, 1.807) is 6.08 Å². The number of rotatable bonds is 0. The molecule has 0 radical (unpaired) electrons. The summed E-state index contributed by atoms with van der Waals surface area (Å²) in [5.74, 6) is -0.677. The van der Waals surface area contributed by atoms with Gasteiger partial charge in [0, 0.05) is 17.9 Å². The van der Waals surface area contributed by atoms with Crippen LogP contribution in [0.25, 0.3) is 0 Å². The van der Waals surface area contributed by atoms with E-state index < -0.39 is 18.0 Å². The average Bonchev–Trinajstić information content (AvgIpc) is 2.67. The van der Waals surface area contributed by atoms with Crippen LogP contribution < -0.4 is 11.5 Å². The predicted molar refractivity (Wildman–Crippen MR) is 51.4 cm³/mol. The van der Waals surface area contributed by atoms with Crippen LogP contribution in [0.5, 0.6) is 0 Å². The fourth-order valence-electron chi connectivity index (χ4n) is 2.28. The third-order valence-electron chi connectivity index (χ3n) is 3.18. The lowest BCUT2D eigenvalue weighted by Crippen LogP contribution is -2.35. The summed E-state index contributed by atoms with van der Waals surface area (Å²) < 4.78 is 10.1. The molecule has 3 atom stereocenters. The lowest BCUT2D eigenvalue weighted by molar-refractivity contribution is -0.140. The summed E-state index contributed by atoms with van der Waals surface area (Å²) >= 11 is 0. The van der Waals surface area contributed by atoms with Gasteiger partial charge in [0.1, 0.15) is 23.6 Å². The van der Waals surface area contributed by atoms with Gasteiger partial charge in [-0.1, -0.05) is 0 Å². The Bertz CT molecular complexity index is 465. The smallest absolute Gasteiger partial charge is 0.355 e. The van der Waals surface area contributed by atoms with Gasteiger partial charge in [0.15, 0.2) is 0 Å². The fraction of sp³-hybridized carbons (Fsp3) is 0.400. The van der Waals surface area contributed by atoms with Gasteiger partial charge in [0.05, 0.1) is 0 Å². The number of carbonyl (C=O) groups is 2. The second-order valence-electron chi connectivity index (χ2n) is 4.10. The lowest BCUT2D eigenvalue weighted by atomic mass is 9.85. The molecule has 0 spiro atoms. The van der Waals surface area contributed by atoms with Crippen LogP contribution in [0.2, 0.25) is 0 Å². The molecule has 6 heteroatoms. The molecule has 84 valence electrons. The first kappa shape index (κ1) is 9.41. The molecule has 4 N–H and O–H groups in total. The van der Waals surface area contributed by atoms with Crippen molar-refractivity contribution in [2.75, 3.05) is 0 Å². The fourth-order valence-corrected chi connectivity index (χ4v) is 2.28. The van der Waals surface area contributed by atoms with Crippen LogP contribution in [0.15, 0.2) is 23.1 Å². The summed E-state index contributed by atoms with van der Waals surface area (Å²) in [6.45, 7) is 0. The van der Waals surface area contributed by atoms with Gasteiger partial charge in [-0.05, 0) is 6.08 Å². The van der Waals surface area contributed by atoms with Crippen LogP contribution in [0, 0.1) is 5.92 Å². The first-order chi connectivity index (χ1) is 7.58. The third-order valence-corrected chi connectivity index (χ3v) is 3.18. The van der Waals surface area contributed by atoms with Crippen molar-refractivity contribution in [3.63, 3.8) is 0 Å². The SMILES string of the molecule is NC1=C2C=C3OC(=O)C(N)C3CC2OC1=O. The summed E-state index contributed by atoms with van der Waals surface area (Å²) in [6.07, 6.45) is 1.67. The standard InChI is InChI=1S/C10H10N2O4/c11-7-3-1-5-4(8(12)10(14)15-5)2-6(3)16-9(7)13/h1,4,6,8H,2,11-12H2. The molecule has 0 bridgehead atoms. The highest BCUT2D eigenvalue weighted by atomic mass is 16.6. The molecule has 1 saturated heterocycles. The topological polar surface area (TPSA) is 105 Å². The molecule has 0 saturated carbocycles. The Kier molecular flexibility index (Phi) is 1.68. The van der Waals surface area contributed by atoms with Gasteiger partial charge < -0.3 is 20.9 Å². The zero-order chi connectivity index (χ0) is 11.4. The molecule has 16 heavy (non-hydrogen) atoms. The highest BCUT2D eigenvalue weighted by Crippen LogP contribution is 2.40. The van der Waals surface area contributed by atoms with Gasteiger partial charge >= 0.3 is 11.9 Å². The van der Waals surface area contributed by atoms with Crippen molar-refractivity contribution in [3.8, 4) is 0 Å². The molecule has 3 aliphatic rings. The summed E-state index contributed by atoms with van der Waals surface area (Å²) in [5.41, 5.74) is 11.9. The normalized spacial score (nSPS) is 36.6. The lowest BCUT2D eigenvalue weighted by Gasteiger charge is -2.22. The van der Waals surface area contributed by atoms with Crippen molar-refractivity contribution in [1.29, 1.82) is 0 Å². The molecule has 0 aromatic rings. The first-order valence-electron chi connectivity index (χ1n) is 4.97.